The van der Waals surface area contributed by atoms with Gasteiger partial charge in [0.1, 0.15) is 5.82 Å². The van der Waals surface area contributed by atoms with Gasteiger partial charge >= 0.3 is 5.97 Å². The van der Waals surface area contributed by atoms with Crippen molar-refractivity contribution in [3.05, 3.63) is 75.1 Å². The molecular formula is C25H24ClFN2O3. The number of carbonyl (C=O) groups is 2. The third kappa shape index (κ3) is 4.32. The minimum absolute atomic E-state index is 0.111. The molecule has 0 bridgehead atoms. The van der Waals surface area contributed by atoms with Crippen LogP contribution in [0.25, 0.3) is 5.70 Å². The summed E-state index contributed by atoms with van der Waals surface area (Å²) in [6.45, 7) is 0. The van der Waals surface area contributed by atoms with Crippen LogP contribution in [0.3, 0.4) is 0 Å². The van der Waals surface area contributed by atoms with Gasteiger partial charge in [0.2, 0.25) is 0 Å². The Bertz CT molecular complexity index is 1150. The monoisotopic (exact) mass is 454 g/mol. The van der Waals surface area contributed by atoms with Crippen LogP contribution in [-0.4, -0.2) is 22.7 Å². The number of carboxylic acids is 1. The predicted octanol–water partition coefficient (Wildman–Crippen LogP) is 5.97. The maximum Gasteiger partial charge on any atom is 0.335 e. The largest absolute Gasteiger partial charge is 0.478 e. The van der Waals surface area contributed by atoms with Crippen LogP contribution in [0.5, 0.6) is 0 Å². The standard InChI is InChI=1S/C25H24ClFN2O3/c26-19-9-4-8-16(14-5-3-6-14)22(19)24(30)29-21-10-2-1-7-18(21)23(28)17-12-11-15(25(31)32)13-20(17)27/h4,8-9,11-14H,1-3,5-7,10,28H2,(H,31,32). The molecule has 2 saturated carbocycles. The molecule has 0 spiro atoms. The van der Waals surface area contributed by atoms with Gasteiger partial charge in [0.15, 0.2) is 0 Å². The van der Waals surface area contributed by atoms with E-state index in [9.17, 15) is 14.0 Å². The summed E-state index contributed by atoms with van der Waals surface area (Å²) in [5, 5.41) is 9.45. The van der Waals surface area contributed by atoms with E-state index in [4.69, 9.17) is 22.4 Å². The van der Waals surface area contributed by atoms with E-state index in [1.165, 1.54) is 12.1 Å². The van der Waals surface area contributed by atoms with Gasteiger partial charge in [-0.2, -0.15) is 0 Å². The molecule has 2 aromatic carbocycles. The van der Waals surface area contributed by atoms with Crippen molar-refractivity contribution in [3.63, 3.8) is 0 Å². The van der Waals surface area contributed by atoms with Crippen molar-refractivity contribution in [2.75, 3.05) is 0 Å². The number of hydrogen-bond donors (Lipinski definition) is 2. The number of carboxylic acid groups (broad SMARTS) is 1. The fourth-order valence-electron chi connectivity index (χ4n) is 4.34. The molecule has 0 radical (unpaired) electrons. The number of carbonyl (C=O) groups excluding carboxylic acids is 1. The molecule has 2 aromatic rings. The maximum absolute atomic E-state index is 14.6. The van der Waals surface area contributed by atoms with E-state index in [2.05, 4.69) is 4.99 Å². The van der Waals surface area contributed by atoms with Crippen molar-refractivity contribution in [2.45, 2.75) is 50.9 Å². The number of halogens is 2. The number of nitrogens with two attached hydrogens (primary N) is 1. The molecule has 2 aliphatic rings. The first-order chi connectivity index (χ1) is 15.4. The first-order valence-corrected chi connectivity index (χ1v) is 11.2. The summed E-state index contributed by atoms with van der Waals surface area (Å²) < 4.78 is 14.6. The summed E-state index contributed by atoms with van der Waals surface area (Å²) in [6, 6.07) is 9.11. The number of aromatic carboxylic acids is 1. The van der Waals surface area contributed by atoms with Gasteiger partial charge in [-0.25, -0.2) is 14.2 Å². The number of aliphatic imine (C=N–C) groups is 1. The van der Waals surface area contributed by atoms with Crippen molar-refractivity contribution in [3.8, 4) is 0 Å². The minimum atomic E-state index is -1.21. The molecule has 3 N–H and O–H groups in total. The molecule has 166 valence electrons. The Morgan fingerprint density at radius 1 is 1.09 bits per heavy atom. The molecule has 2 aliphatic carbocycles. The zero-order chi connectivity index (χ0) is 22.8. The predicted molar refractivity (Wildman–Crippen MR) is 123 cm³/mol. The van der Waals surface area contributed by atoms with Gasteiger partial charge in [-0.05, 0) is 79.8 Å². The molecule has 5 nitrogen and oxygen atoms in total. The van der Waals surface area contributed by atoms with E-state index in [1.54, 1.807) is 6.07 Å². The second-order valence-electron chi connectivity index (χ2n) is 8.29. The lowest BCUT2D eigenvalue weighted by Crippen LogP contribution is -2.19. The summed E-state index contributed by atoms with van der Waals surface area (Å²) >= 11 is 6.40. The average Bonchev–Trinajstić information content (AvgIpc) is 2.72. The van der Waals surface area contributed by atoms with Gasteiger partial charge in [-0.3, -0.25) is 4.79 Å². The normalized spacial score (nSPS) is 19.5. The van der Waals surface area contributed by atoms with Crippen molar-refractivity contribution >= 4 is 34.9 Å². The summed E-state index contributed by atoms with van der Waals surface area (Å²) in [6.07, 6.45) is 6.01. The Morgan fingerprint density at radius 3 is 2.50 bits per heavy atom. The summed E-state index contributed by atoms with van der Waals surface area (Å²) in [4.78, 5) is 28.7. The summed E-state index contributed by atoms with van der Waals surface area (Å²) in [5.74, 6) is -2.01. The molecule has 32 heavy (non-hydrogen) atoms. The third-order valence-electron chi connectivity index (χ3n) is 6.31. The Morgan fingerprint density at radius 2 is 1.84 bits per heavy atom. The molecule has 0 atom stereocenters. The van der Waals surface area contributed by atoms with Crippen LogP contribution in [0.2, 0.25) is 5.02 Å². The van der Waals surface area contributed by atoms with E-state index in [0.29, 0.717) is 40.6 Å². The summed E-state index contributed by atoms with van der Waals surface area (Å²) in [5.41, 5.74) is 9.00. The molecule has 0 aliphatic heterocycles. The van der Waals surface area contributed by atoms with Crippen LogP contribution in [-0.2, 0) is 0 Å². The third-order valence-corrected chi connectivity index (χ3v) is 6.63. The van der Waals surface area contributed by atoms with Crippen molar-refractivity contribution < 1.29 is 19.1 Å². The van der Waals surface area contributed by atoms with Gasteiger partial charge in [-0.15, -0.1) is 0 Å². The number of hydrogen-bond acceptors (Lipinski definition) is 3. The van der Waals surface area contributed by atoms with E-state index in [0.717, 1.165) is 43.7 Å². The second-order valence-corrected chi connectivity index (χ2v) is 8.70. The van der Waals surface area contributed by atoms with Gasteiger partial charge in [0.25, 0.3) is 5.91 Å². The molecule has 1 amide bonds. The van der Waals surface area contributed by atoms with Crippen LogP contribution in [0.4, 0.5) is 4.39 Å². The number of rotatable bonds is 4. The zero-order valence-electron chi connectivity index (χ0n) is 17.5. The lowest BCUT2D eigenvalue weighted by Gasteiger charge is -2.27. The smallest absolute Gasteiger partial charge is 0.335 e. The molecule has 0 saturated heterocycles. The fraction of sp³-hybridized carbons (Fsp3) is 0.320. The van der Waals surface area contributed by atoms with Crippen LogP contribution in [0, 0.1) is 5.82 Å². The summed E-state index contributed by atoms with van der Waals surface area (Å²) in [7, 11) is 0. The van der Waals surface area contributed by atoms with Gasteiger partial charge < -0.3 is 10.8 Å². The van der Waals surface area contributed by atoms with Crippen LogP contribution in [0.1, 0.15) is 82.7 Å². The first kappa shape index (κ1) is 22.2. The Hall–Kier alpha value is -2.99. The Balaban J connectivity index is 1.73. The van der Waals surface area contributed by atoms with Crippen LogP contribution >= 0.6 is 11.6 Å². The van der Waals surface area contributed by atoms with Gasteiger partial charge in [0.05, 0.1) is 16.1 Å². The highest BCUT2D eigenvalue weighted by Gasteiger charge is 2.27. The Labute approximate surface area is 190 Å². The number of nitrogens with zero attached hydrogens (tertiary/aromatic N) is 1. The quantitative estimate of drug-likeness (QED) is 0.595. The average molecular weight is 455 g/mol. The minimum Gasteiger partial charge on any atom is -0.478 e. The molecule has 0 heterocycles. The molecule has 0 unspecified atom stereocenters. The second kappa shape index (κ2) is 9.25. The van der Waals surface area contributed by atoms with E-state index >= 15 is 0 Å². The fourth-order valence-corrected chi connectivity index (χ4v) is 4.60. The lowest BCUT2D eigenvalue weighted by molar-refractivity contribution is 0.0696. The number of benzene rings is 2. The number of amides is 1. The van der Waals surface area contributed by atoms with Crippen LogP contribution in [0.15, 0.2) is 47.0 Å². The van der Waals surface area contributed by atoms with Crippen molar-refractivity contribution in [1.29, 1.82) is 0 Å². The maximum atomic E-state index is 14.6. The molecule has 7 heteroatoms. The lowest BCUT2D eigenvalue weighted by atomic mass is 9.78. The highest BCUT2D eigenvalue weighted by atomic mass is 35.5. The Kier molecular flexibility index (Phi) is 6.42. The van der Waals surface area contributed by atoms with E-state index in [-0.39, 0.29) is 16.8 Å². The first-order valence-electron chi connectivity index (χ1n) is 10.8. The highest BCUT2D eigenvalue weighted by Crippen LogP contribution is 2.40. The zero-order valence-corrected chi connectivity index (χ0v) is 18.3. The van der Waals surface area contributed by atoms with Gasteiger partial charge in [-0.1, -0.05) is 30.2 Å². The molecular weight excluding hydrogens is 431 g/mol. The van der Waals surface area contributed by atoms with E-state index in [1.807, 2.05) is 12.1 Å². The van der Waals surface area contributed by atoms with Crippen LogP contribution < -0.4 is 5.73 Å². The van der Waals surface area contributed by atoms with Crippen molar-refractivity contribution in [2.24, 2.45) is 10.7 Å². The van der Waals surface area contributed by atoms with Crippen molar-refractivity contribution in [1.82, 2.24) is 0 Å². The molecule has 4 rings (SSSR count). The SMILES string of the molecule is NC(=C1CCCCC1=NC(=O)c1c(Cl)cccc1C1CCC1)c1ccc(C(=O)O)cc1F. The topological polar surface area (TPSA) is 92.8 Å². The molecule has 0 aromatic heterocycles. The highest BCUT2D eigenvalue weighted by molar-refractivity contribution is 6.34. The number of allylic oxidation sites excluding steroid dienone is 1. The van der Waals surface area contributed by atoms with Gasteiger partial charge in [0, 0.05) is 17.0 Å². The van der Waals surface area contributed by atoms with E-state index < -0.39 is 17.7 Å². The molecule has 2 fully saturated rings.